The molecule has 1 saturated carbocycles. The van der Waals surface area contributed by atoms with Crippen LogP contribution in [-0.2, 0) is 4.79 Å². The summed E-state index contributed by atoms with van der Waals surface area (Å²) in [7, 11) is 0. The first-order valence-electron chi connectivity index (χ1n) is 11.4. The highest BCUT2D eigenvalue weighted by Gasteiger charge is 2.30. The number of nitrogens with zero attached hydrogens (tertiary/aromatic N) is 3. The van der Waals surface area contributed by atoms with Gasteiger partial charge in [-0.3, -0.25) is 9.59 Å². The van der Waals surface area contributed by atoms with Crippen molar-refractivity contribution in [1.82, 2.24) is 15.0 Å². The normalized spacial score (nSPS) is 13.2. The van der Waals surface area contributed by atoms with E-state index in [0.29, 0.717) is 33.2 Å². The first-order chi connectivity index (χ1) is 17.0. The molecule has 172 valence electrons. The highest BCUT2D eigenvalue weighted by molar-refractivity contribution is 7.22. The van der Waals surface area contributed by atoms with E-state index in [0.717, 1.165) is 34.2 Å². The van der Waals surface area contributed by atoms with Gasteiger partial charge >= 0.3 is 0 Å². The van der Waals surface area contributed by atoms with Gasteiger partial charge in [0.05, 0.1) is 15.7 Å². The van der Waals surface area contributed by atoms with E-state index in [2.05, 4.69) is 31.7 Å². The maximum atomic E-state index is 13.1. The van der Waals surface area contributed by atoms with Crippen molar-refractivity contribution in [2.24, 2.45) is 5.92 Å². The highest BCUT2D eigenvalue weighted by atomic mass is 32.1. The zero-order valence-electron chi connectivity index (χ0n) is 18.9. The van der Waals surface area contributed by atoms with Crippen molar-refractivity contribution in [3.05, 3.63) is 78.2 Å². The van der Waals surface area contributed by atoms with Crippen molar-refractivity contribution >= 4 is 55.1 Å². The minimum Gasteiger partial charge on any atom is -0.321 e. The van der Waals surface area contributed by atoms with Crippen LogP contribution in [0, 0.1) is 12.8 Å². The predicted octanol–water partition coefficient (Wildman–Crippen LogP) is 5.82. The number of thiazole rings is 1. The minimum absolute atomic E-state index is 0.0513. The molecule has 5 aromatic rings. The SMILES string of the molecule is Cc1nc(C(=O)Nc2ccccc2)c2cc(-c3ccc4nc(NC(=O)C5CC5)sc4c3)ccc2n1. The van der Waals surface area contributed by atoms with Crippen LogP contribution in [-0.4, -0.2) is 26.8 Å². The second-order valence-electron chi connectivity index (χ2n) is 8.64. The third-order valence-corrected chi connectivity index (χ3v) is 6.89. The molecule has 8 heteroatoms. The second-order valence-corrected chi connectivity index (χ2v) is 9.67. The van der Waals surface area contributed by atoms with Gasteiger partial charge in [-0.05, 0) is 67.3 Å². The zero-order valence-corrected chi connectivity index (χ0v) is 19.7. The monoisotopic (exact) mass is 479 g/mol. The van der Waals surface area contributed by atoms with Crippen molar-refractivity contribution < 1.29 is 9.59 Å². The van der Waals surface area contributed by atoms with Gasteiger partial charge in [0.15, 0.2) is 5.13 Å². The molecule has 0 radical (unpaired) electrons. The van der Waals surface area contributed by atoms with E-state index in [1.807, 2.05) is 60.7 Å². The van der Waals surface area contributed by atoms with E-state index in [4.69, 9.17) is 0 Å². The van der Waals surface area contributed by atoms with Crippen LogP contribution in [0.5, 0.6) is 0 Å². The van der Waals surface area contributed by atoms with Gasteiger partial charge in [-0.25, -0.2) is 15.0 Å². The Morgan fingerprint density at radius 3 is 2.37 bits per heavy atom. The number of rotatable bonds is 5. The van der Waals surface area contributed by atoms with Crippen LogP contribution in [0.15, 0.2) is 66.7 Å². The summed E-state index contributed by atoms with van der Waals surface area (Å²) in [6.07, 6.45) is 1.91. The standard InChI is InChI=1S/C27H21N5O2S/c1-15-28-21-11-9-17(13-20(21)24(29-15)26(34)30-19-5-3-2-4-6-19)18-10-12-22-23(14-18)35-27(31-22)32-25(33)16-7-8-16/h2-6,9-14,16H,7-8H2,1H3,(H,30,34)(H,31,32,33). The molecule has 2 amide bonds. The smallest absolute Gasteiger partial charge is 0.275 e. The Morgan fingerprint density at radius 2 is 1.60 bits per heavy atom. The Balaban J connectivity index is 1.36. The predicted molar refractivity (Wildman–Crippen MR) is 139 cm³/mol. The Morgan fingerprint density at radius 1 is 0.857 bits per heavy atom. The quantitative estimate of drug-likeness (QED) is 0.331. The van der Waals surface area contributed by atoms with Gasteiger partial charge < -0.3 is 10.6 Å². The van der Waals surface area contributed by atoms with E-state index in [9.17, 15) is 9.59 Å². The highest BCUT2D eigenvalue weighted by Crippen LogP contribution is 2.34. The average molecular weight is 480 g/mol. The van der Waals surface area contributed by atoms with E-state index in [-0.39, 0.29) is 17.7 Å². The number of anilines is 2. The summed E-state index contributed by atoms with van der Waals surface area (Å²) in [5.74, 6) is 0.442. The molecule has 1 aliphatic carbocycles. The van der Waals surface area contributed by atoms with Gasteiger partial charge in [0.2, 0.25) is 5.91 Å². The van der Waals surface area contributed by atoms with Crippen molar-refractivity contribution in [3.8, 4) is 11.1 Å². The molecule has 2 aromatic heterocycles. The summed E-state index contributed by atoms with van der Waals surface area (Å²) in [6.45, 7) is 1.78. The summed E-state index contributed by atoms with van der Waals surface area (Å²) in [5, 5.41) is 7.16. The van der Waals surface area contributed by atoms with Gasteiger partial charge in [0.1, 0.15) is 11.5 Å². The number of hydrogen-bond donors (Lipinski definition) is 2. The van der Waals surface area contributed by atoms with E-state index in [1.165, 1.54) is 11.3 Å². The molecule has 1 fully saturated rings. The Kier molecular flexibility index (Phi) is 5.22. The van der Waals surface area contributed by atoms with Crippen LogP contribution in [0.3, 0.4) is 0 Å². The lowest BCUT2D eigenvalue weighted by Crippen LogP contribution is -2.15. The topological polar surface area (TPSA) is 96.9 Å². The van der Waals surface area contributed by atoms with Crippen LogP contribution in [0.4, 0.5) is 10.8 Å². The molecule has 35 heavy (non-hydrogen) atoms. The van der Waals surface area contributed by atoms with Crippen LogP contribution >= 0.6 is 11.3 Å². The lowest BCUT2D eigenvalue weighted by atomic mass is 10.0. The number of carbonyl (C=O) groups is 2. The molecule has 7 nitrogen and oxygen atoms in total. The zero-order chi connectivity index (χ0) is 23.9. The lowest BCUT2D eigenvalue weighted by Gasteiger charge is -2.10. The van der Waals surface area contributed by atoms with Crippen LogP contribution in [0.25, 0.3) is 32.2 Å². The Hall–Kier alpha value is -4.17. The number of nitrogens with one attached hydrogen (secondary N) is 2. The van der Waals surface area contributed by atoms with Crippen LogP contribution in [0.1, 0.15) is 29.2 Å². The summed E-state index contributed by atoms with van der Waals surface area (Å²) >= 11 is 1.46. The molecule has 3 aromatic carbocycles. The van der Waals surface area contributed by atoms with E-state index in [1.54, 1.807) is 6.92 Å². The van der Waals surface area contributed by atoms with E-state index >= 15 is 0 Å². The molecule has 0 aliphatic heterocycles. The Labute approximate surface area is 205 Å². The molecule has 6 rings (SSSR count). The third-order valence-electron chi connectivity index (χ3n) is 5.95. The maximum Gasteiger partial charge on any atom is 0.275 e. The molecule has 2 N–H and O–H groups in total. The maximum absolute atomic E-state index is 13.1. The molecule has 0 unspecified atom stereocenters. The Bertz CT molecular complexity index is 1610. The molecular formula is C27H21N5O2S. The molecule has 0 spiro atoms. The number of para-hydroxylation sites is 1. The van der Waals surface area contributed by atoms with Crippen molar-refractivity contribution in [2.45, 2.75) is 19.8 Å². The third kappa shape index (κ3) is 4.36. The largest absolute Gasteiger partial charge is 0.321 e. The van der Waals surface area contributed by atoms with Crippen LogP contribution < -0.4 is 10.6 Å². The lowest BCUT2D eigenvalue weighted by molar-refractivity contribution is -0.117. The van der Waals surface area contributed by atoms with Gasteiger partial charge in [-0.2, -0.15) is 0 Å². The van der Waals surface area contributed by atoms with Crippen molar-refractivity contribution in [2.75, 3.05) is 10.6 Å². The van der Waals surface area contributed by atoms with Gasteiger partial charge in [-0.15, -0.1) is 0 Å². The molecule has 0 saturated heterocycles. The summed E-state index contributed by atoms with van der Waals surface area (Å²) < 4.78 is 0.982. The summed E-state index contributed by atoms with van der Waals surface area (Å²) in [6, 6.07) is 21.2. The molecule has 1 aliphatic rings. The number of benzene rings is 3. The van der Waals surface area contributed by atoms with Gasteiger partial charge in [0, 0.05) is 17.0 Å². The first-order valence-corrected chi connectivity index (χ1v) is 12.2. The van der Waals surface area contributed by atoms with Gasteiger partial charge in [0.25, 0.3) is 5.91 Å². The number of fused-ring (bicyclic) bond motifs is 2. The minimum atomic E-state index is -0.280. The number of hydrogen-bond acceptors (Lipinski definition) is 6. The first kappa shape index (κ1) is 21.4. The fourth-order valence-corrected chi connectivity index (χ4v) is 4.93. The molecule has 2 heterocycles. The number of amides is 2. The number of carbonyl (C=O) groups excluding carboxylic acids is 2. The second kappa shape index (κ2) is 8.56. The molecular weight excluding hydrogens is 458 g/mol. The van der Waals surface area contributed by atoms with Crippen molar-refractivity contribution in [3.63, 3.8) is 0 Å². The molecule has 0 bridgehead atoms. The summed E-state index contributed by atoms with van der Waals surface area (Å²) in [4.78, 5) is 38.7. The average Bonchev–Trinajstić information content (AvgIpc) is 3.64. The summed E-state index contributed by atoms with van der Waals surface area (Å²) in [5.41, 5.74) is 4.52. The van der Waals surface area contributed by atoms with E-state index < -0.39 is 0 Å². The van der Waals surface area contributed by atoms with Crippen LogP contribution in [0.2, 0.25) is 0 Å². The number of aryl methyl sites for hydroxylation is 1. The number of aromatic nitrogens is 3. The fraction of sp³-hybridized carbons (Fsp3) is 0.148. The molecule has 0 atom stereocenters. The van der Waals surface area contributed by atoms with Gasteiger partial charge in [-0.1, -0.05) is 41.7 Å². The van der Waals surface area contributed by atoms with Crippen molar-refractivity contribution in [1.29, 1.82) is 0 Å². The fourth-order valence-electron chi connectivity index (χ4n) is 4.02.